The molecule has 4 amide bonds. The molecule has 0 unspecified atom stereocenters. The summed E-state index contributed by atoms with van der Waals surface area (Å²) in [4.78, 5) is 49.5. The van der Waals surface area contributed by atoms with E-state index in [1.807, 2.05) is 0 Å². The second kappa shape index (κ2) is 9.55. The minimum atomic E-state index is -1.27. The third-order valence-electron chi connectivity index (χ3n) is 4.04. The first-order valence-corrected chi connectivity index (χ1v) is 8.56. The van der Waals surface area contributed by atoms with Crippen LogP contribution in [-0.4, -0.2) is 48.9 Å². The van der Waals surface area contributed by atoms with Crippen LogP contribution in [0.1, 0.15) is 37.4 Å². The molecular weight excluding hydrogens is 338 g/mol. The van der Waals surface area contributed by atoms with Crippen LogP contribution >= 0.6 is 0 Å². The van der Waals surface area contributed by atoms with E-state index in [-0.39, 0.29) is 12.5 Å². The molecule has 1 aliphatic rings. The van der Waals surface area contributed by atoms with Crippen LogP contribution in [0.15, 0.2) is 30.3 Å². The normalized spacial score (nSPS) is 15.6. The first-order chi connectivity index (χ1) is 12.5. The standard InChI is InChI=1S/C18H23N3O5/c1-19-18(25)20-17(24)16(13-8-4-2-5-9-13)26-15(23)12-21-11-7-3-6-10-14(21)22/h2,4-5,8-9,16H,3,6-7,10-12H2,1H3,(H2,19,20,24,25)/t16-/m1/s1. The van der Waals surface area contributed by atoms with Gasteiger partial charge in [0.25, 0.3) is 5.91 Å². The van der Waals surface area contributed by atoms with Crippen LogP contribution in [0.3, 0.4) is 0 Å². The minimum absolute atomic E-state index is 0.0921. The number of nitrogens with zero attached hydrogens (tertiary/aromatic N) is 1. The van der Waals surface area contributed by atoms with E-state index in [0.29, 0.717) is 18.5 Å². The number of likely N-dealkylation sites (tertiary alicyclic amines) is 1. The molecule has 1 saturated heterocycles. The van der Waals surface area contributed by atoms with Gasteiger partial charge in [-0.25, -0.2) is 4.79 Å². The van der Waals surface area contributed by atoms with Crippen molar-refractivity contribution >= 4 is 23.8 Å². The molecule has 1 heterocycles. The Balaban J connectivity index is 2.07. The van der Waals surface area contributed by atoms with E-state index >= 15 is 0 Å². The molecular formula is C18H23N3O5. The number of carbonyl (C=O) groups is 4. The van der Waals surface area contributed by atoms with E-state index < -0.39 is 24.0 Å². The average Bonchev–Trinajstić information content (AvgIpc) is 2.84. The largest absolute Gasteiger partial charge is 0.446 e. The van der Waals surface area contributed by atoms with Gasteiger partial charge in [-0.1, -0.05) is 36.8 Å². The number of imide groups is 1. The fourth-order valence-electron chi connectivity index (χ4n) is 2.67. The second-order valence-corrected chi connectivity index (χ2v) is 5.97. The number of rotatable bonds is 5. The van der Waals surface area contributed by atoms with Gasteiger partial charge < -0.3 is 15.0 Å². The Kier molecular flexibility index (Phi) is 7.13. The number of nitrogens with one attached hydrogen (secondary N) is 2. The molecule has 26 heavy (non-hydrogen) atoms. The van der Waals surface area contributed by atoms with Gasteiger partial charge in [-0.2, -0.15) is 0 Å². The van der Waals surface area contributed by atoms with Gasteiger partial charge in [0.15, 0.2) is 0 Å². The highest BCUT2D eigenvalue weighted by molar-refractivity contribution is 5.97. The summed E-state index contributed by atoms with van der Waals surface area (Å²) in [6.07, 6.45) is 1.72. The summed E-state index contributed by atoms with van der Waals surface area (Å²) in [5.41, 5.74) is 0.435. The lowest BCUT2D eigenvalue weighted by atomic mass is 10.1. The van der Waals surface area contributed by atoms with Crippen LogP contribution in [0.25, 0.3) is 0 Å². The number of carbonyl (C=O) groups excluding carboxylic acids is 4. The van der Waals surface area contributed by atoms with E-state index in [9.17, 15) is 19.2 Å². The van der Waals surface area contributed by atoms with Crippen LogP contribution in [0.4, 0.5) is 4.79 Å². The lowest BCUT2D eigenvalue weighted by Gasteiger charge is -2.22. The number of ether oxygens (including phenoxy) is 1. The van der Waals surface area contributed by atoms with E-state index in [4.69, 9.17) is 4.74 Å². The zero-order valence-corrected chi connectivity index (χ0v) is 14.7. The van der Waals surface area contributed by atoms with Gasteiger partial charge in [0.1, 0.15) is 6.54 Å². The molecule has 1 aromatic carbocycles. The summed E-state index contributed by atoms with van der Waals surface area (Å²) < 4.78 is 5.31. The van der Waals surface area contributed by atoms with Crippen LogP contribution in [0.5, 0.6) is 0 Å². The lowest BCUT2D eigenvalue weighted by molar-refractivity contribution is -0.159. The van der Waals surface area contributed by atoms with Crippen molar-refractivity contribution in [3.8, 4) is 0 Å². The molecule has 0 spiro atoms. The molecule has 0 aromatic heterocycles. The number of benzene rings is 1. The molecule has 1 fully saturated rings. The summed E-state index contributed by atoms with van der Waals surface area (Å²) in [5, 5.41) is 4.38. The zero-order valence-electron chi connectivity index (χ0n) is 14.7. The maximum Gasteiger partial charge on any atom is 0.326 e. The van der Waals surface area contributed by atoms with E-state index in [1.54, 1.807) is 30.3 Å². The van der Waals surface area contributed by atoms with Gasteiger partial charge in [-0.15, -0.1) is 0 Å². The smallest absolute Gasteiger partial charge is 0.326 e. The molecule has 0 bridgehead atoms. The SMILES string of the molecule is CNC(=O)NC(=O)[C@H](OC(=O)CN1CCCCCC1=O)c1ccccc1. The van der Waals surface area contributed by atoms with Crippen molar-refractivity contribution in [3.63, 3.8) is 0 Å². The molecule has 8 nitrogen and oxygen atoms in total. The van der Waals surface area contributed by atoms with Crippen molar-refractivity contribution in [1.82, 2.24) is 15.5 Å². The maximum absolute atomic E-state index is 12.3. The van der Waals surface area contributed by atoms with Gasteiger partial charge >= 0.3 is 12.0 Å². The molecule has 1 aliphatic heterocycles. The highest BCUT2D eigenvalue weighted by Crippen LogP contribution is 2.18. The third-order valence-corrected chi connectivity index (χ3v) is 4.04. The summed E-state index contributed by atoms with van der Waals surface area (Å²) >= 11 is 0. The number of urea groups is 1. The molecule has 140 valence electrons. The predicted molar refractivity (Wildman–Crippen MR) is 92.9 cm³/mol. The second-order valence-electron chi connectivity index (χ2n) is 5.97. The van der Waals surface area contributed by atoms with Gasteiger partial charge in [0.2, 0.25) is 12.0 Å². The molecule has 0 aliphatic carbocycles. The van der Waals surface area contributed by atoms with Gasteiger partial charge in [0.05, 0.1) is 0 Å². The van der Waals surface area contributed by atoms with Crippen molar-refractivity contribution in [3.05, 3.63) is 35.9 Å². The highest BCUT2D eigenvalue weighted by atomic mass is 16.5. The zero-order chi connectivity index (χ0) is 18.9. The van der Waals surface area contributed by atoms with E-state index in [0.717, 1.165) is 19.3 Å². The molecule has 2 rings (SSSR count). The summed E-state index contributed by atoms with van der Waals surface area (Å²) in [5.74, 6) is -1.54. The van der Waals surface area contributed by atoms with Gasteiger partial charge in [0, 0.05) is 25.6 Å². The van der Waals surface area contributed by atoms with Crippen molar-refractivity contribution in [2.45, 2.75) is 31.8 Å². The topological polar surface area (TPSA) is 105 Å². The average molecular weight is 361 g/mol. The Hall–Kier alpha value is -2.90. The van der Waals surface area contributed by atoms with Crippen molar-refractivity contribution in [2.24, 2.45) is 0 Å². The van der Waals surface area contributed by atoms with Crippen molar-refractivity contribution < 1.29 is 23.9 Å². The molecule has 1 aromatic rings. The number of amides is 4. The fraction of sp³-hybridized carbons (Fsp3) is 0.444. The van der Waals surface area contributed by atoms with Crippen LogP contribution in [0, 0.1) is 0 Å². The summed E-state index contributed by atoms with van der Waals surface area (Å²) in [6, 6.07) is 7.70. The maximum atomic E-state index is 12.3. The van der Waals surface area contributed by atoms with Crippen LogP contribution < -0.4 is 10.6 Å². The first-order valence-electron chi connectivity index (χ1n) is 8.56. The number of esters is 1. The Morgan fingerprint density at radius 1 is 1.15 bits per heavy atom. The Bertz CT molecular complexity index is 662. The predicted octanol–water partition coefficient (Wildman–Crippen LogP) is 1.13. The van der Waals surface area contributed by atoms with E-state index in [2.05, 4.69) is 10.6 Å². The van der Waals surface area contributed by atoms with E-state index in [1.165, 1.54) is 11.9 Å². The van der Waals surface area contributed by atoms with Crippen LogP contribution in [-0.2, 0) is 19.1 Å². The van der Waals surface area contributed by atoms with Gasteiger partial charge in [-0.3, -0.25) is 19.7 Å². The number of hydrogen-bond donors (Lipinski definition) is 2. The molecule has 1 atom stereocenters. The number of hydrogen-bond acceptors (Lipinski definition) is 5. The fourth-order valence-corrected chi connectivity index (χ4v) is 2.67. The third kappa shape index (κ3) is 5.58. The first kappa shape index (κ1) is 19.4. The monoisotopic (exact) mass is 361 g/mol. The van der Waals surface area contributed by atoms with Gasteiger partial charge in [-0.05, 0) is 12.8 Å². The molecule has 0 radical (unpaired) electrons. The van der Waals surface area contributed by atoms with Crippen molar-refractivity contribution in [2.75, 3.05) is 20.1 Å². The Morgan fingerprint density at radius 2 is 1.88 bits per heavy atom. The molecule has 0 saturated carbocycles. The van der Waals surface area contributed by atoms with Crippen LogP contribution in [0.2, 0.25) is 0 Å². The molecule has 8 heteroatoms. The molecule has 2 N–H and O–H groups in total. The lowest BCUT2D eigenvalue weighted by Crippen LogP contribution is -2.42. The summed E-state index contributed by atoms with van der Waals surface area (Å²) in [7, 11) is 1.37. The Labute approximate surface area is 151 Å². The summed E-state index contributed by atoms with van der Waals surface area (Å²) in [6.45, 7) is 0.282. The highest BCUT2D eigenvalue weighted by Gasteiger charge is 2.28. The Morgan fingerprint density at radius 3 is 2.58 bits per heavy atom. The van der Waals surface area contributed by atoms with Crippen molar-refractivity contribution in [1.29, 1.82) is 0 Å². The quantitative estimate of drug-likeness (QED) is 0.765. The minimum Gasteiger partial charge on any atom is -0.446 e.